The van der Waals surface area contributed by atoms with E-state index >= 15 is 0 Å². The minimum absolute atomic E-state index is 0.0128. The molecular formula is C9H17IO5S. The molecule has 0 aromatic rings. The smallest absolute Gasteiger partial charge is 0.154 e. The molecule has 1 saturated heterocycles. The molecule has 1 rings (SSSR count). The van der Waals surface area contributed by atoms with Gasteiger partial charge >= 0.3 is 0 Å². The molecule has 0 saturated carbocycles. The average molecular weight is 364 g/mol. The van der Waals surface area contributed by atoms with Gasteiger partial charge in [-0.05, 0) is 0 Å². The molecule has 96 valence electrons. The fraction of sp³-hybridized carbons (Fsp3) is 1.00. The van der Waals surface area contributed by atoms with Crippen LogP contribution in [0.25, 0.3) is 0 Å². The Morgan fingerprint density at radius 3 is 2.19 bits per heavy atom. The highest BCUT2D eigenvalue weighted by Gasteiger charge is 2.38. The van der Waals surface area contributed by atoms with Crippen LogP contribution in [0.3, 0.4) is 0 Å². The van der Waals surface area contributed by atoms with Gasteiger partial charge < -0.3 is 14.2 Å². The lowest BCUT2D eigenvalue weighted by Gasteiger charge is -2.22. The Morgan fingerprint density at radius 2 is 1.81 bits per heavy atom. The summed E-state index contributed by atoms with van der Waals surface area (Å²) in [6.07, 6.45) is -0.452. The van der Waals surface area contributed by atoms with E-state index in [9.17, 15) is 8.42 Å². The average Bonchev–Trinajstić information content (AvgIpc) is 2.40. The van der Waals surface area contributed by atoms with Crippen molar-refractivity contribution in [2.24, 2.45) is 0 Å². The number of hydrogen-bond acceptors (Lipinski definition) is 5. The van der Waals surface area contributed by atoms with Crippen LogP contribution in [-0.2, 0) is 24.0 Å². The topological polar surface area (TPSA) is 61.8 Å². The molecule has 1 fully saturated rings. The molecular weight excluding hydrogens is 347 g/mol. The highest BCUT2D eigenvalue weighted by molar-refractivity contribution is 14.1. The number of rotatable bonds is 6. The molecule has 0 aromatic carbocycles. The summed E-state index contributed by atoms with van der Waals surface area (Å²) in [4.78, 5) is 0. The fourth-order valence-electron chi connectivity index (χ4n) is 1.64. The molecule has 1 heterocycles. The van der Waals surface area contributed by atoms with Crippen molar-refractivity contribution in [2.45, 2.75) is 16.1 Å². The van der Waals surface area contributed by atoms with Gasteiger partial charge in [-0.25, -0.2) is 8.42 Å². The highest BCUT2D eigenvalue weighted by atomic mass is 127. The van der Waals surface area contributed by atoms with Gasteiger partial charge in [0.2, 0.25) is 0 Å². The molecule has 5 nitrogen and oxygen atoms in total. The second-order valence-electron chi connectivity index (χ2n) is 3.80. The van der Waals surface area contributed by atoms with Gasteiger partial charge in [-0.3, -0.25) is 0 Å². The molecule has 0 aliphatic carbocycles. The van der Waals surface area contributed by atoms with Gasteiger partial charge in [-0.1, -0.05) is 22.6 Å². The zero-order valence-corrected chi connectivity index (χ0v) is 12.4. The van der Waals surface area contributed by atoms with Crippen LogP contribution in [0, 0.1) is 0 Å². The molecule has 0 amide bonds. The molecule has 0 N–H and O–H groups in total. The summed E-state index contributed by atoms with van der Waals surface area (Å²) in [5, 5.41) is 0. The van der Waals surface area contributed by atoms with Crippen LogP contribution >= 0.6 is 22.6 Å². The third-order valence-corrected chi connectivity index (χ3v) is 5.85. The zero-order valence-electron chi connectivity index (χ0n) is 9.39. The van der Waals surface area contributed by atoms with E-state index in [1.54, 1.807) is 14.2 Å². The van der Waals surface area contributed by atoms with Gasteiger partial charge in [-0.15, -0.1) is 0 Å². The quantitative estimate of drug-likeness (QED) is 0.500. The van der Waals surface area contributed by atoms with Gasteiger partial charge in [0, 0.05) is 14.2 Å². The second kappa shape index (κ2) is 6.48. The van der Waals surface area contributed by atoms with Crippen LogP contribution < -0.4 is 0 Å². The van der Waals surface area contributed by atoms with Crippen LogP contribution in [0.15, 0.2) is 0 Å². The van der Waals surface area contributed by atoms with Crippen LogP contribution in [0.5, 0.6) is 0 Å². The number of hydrogen-bond donors (Lipinski definition) is 0. The third kappa shape index (κ3) is 4.44. The van der Waals surface area contributed by atoms with Crippen LogP contribution in [-0.4, -0.2) is 63.5 Å². The molecule has 0 bridgehead atoms. The van der Waals surface area contributed by atoms with Crippen LogP contribution in [0.2, 0.25) is 0 Å². The molecule has 2 unspecified atom stereocenters. The molecule has 0 spiro atoms. The Bertz CT molecular complexity index is 299. The van der Waals surface area contributed by atoms with Gasteiger partial charge in [0.05, 0.1) is 34.7 Å². The highest BCUT2D eigenvalue weighted by Crippen LogP contribution is 2.24. The normalized spacial score (nSPS) is 28.8. The lowest BCUT2D eigenvalue weighted by molar-refractivity contribution is -0.0668. The summed E-state index contributed by atoms with van der Waals surface area (Å²) in [7, 11) is 0.230. The van der Waals surface area contributed by atoms with Crippen LogP contribution in [0.4, 0.5) is 0 Å². The number of methoxy groups -OCH3 is 2. The van der Waals surface area contributed by atoms with Crippen molar-refractivity contribution >= 4 is 32.4 Å². The predicted molar refractivity (Wildman–Crippen MR) is 68.9 cm³/mol. The van der Waals surface area contributed by atoms with Crippen molar-refractivity contribution in [3.05, 3.63) is 0 Å². The van der Waals surface area contributed by atoms with Crippen molar-refractivity contribution in [2.75, 3.05) is 38.9 Å². The van der Waals surface area contributed by atoms with Crippen molar-refractivity contribution in [3.63, 3.8) is 0 Å². The van der Waals surface area contributed by atoms with Gasteiger partial charge in [-0.2, -0.15) is 0 Å². The first-order chi connectivity index (χ1) is 7.48. The van der Waals surface area contributed by atoms with E-state index in [0.29, 0.717) is 13.2 Å². The molecule has 7 heteroatoms. The van der Waals surface area contributed by atoms with E-state index in [4.69, 9.17) is 14.2 Å². The lowest BCUT2D eigenvalue weighted by Crippen LogP contribution is -2.33. The van der Waals surface area contributed by atoms with Crippen molar-refractivity contribution in [1.82, 2.24) is 0 Å². The summed E-state index contributed by atoms with van der Waals surface area (Å²) >= 11 is 2.12. The van der Waals surface area contributed by atoms with Gasteiger partial charge in [0.15, 0.2) is 9.84 Å². The Labute approximate surface area is 110 Å². The van der Waals surface area contributed by atoms with Crippen molar-refractivity contribution in [1.29, 1.82) is 0 Å². The first-order valence-electron chi connectivity index (χ1n) is 4.96. The van der Waals surface area contributed by atoms with E-state index in [1.165, 1.54) is 0 Å². The van der Waals surface area contributed by atoms with Gasteiger partial charge in [0.25, 0.3) is 0 Å². The van der Waals surface area contributed by atoms with E-state index in [-0.39, 0.29) is 27.6 Å². The van der Waals surface area contributed by atoms with Crippen LogP contribution in [0.1, 0.15) is 0 Å². The maximum absolute atomic E-state index is 11.4. The molecule has 0 radical (unpaired) electrons. The largest absolute Gasteiger partial charge is 0.382 e. The Kier molecular flexibility index (Phi) is 5.92. The SMILES string of the molecule is COCC(COC)OC1CS(=O)(=O)CC1I. The summed E-state index contributed by atoms with van der Waals surface area (Å²) in [6.45, 7) is 0.821. The number of ether oxygens (including phenoxy) is 3. The van der Waals surface area contributed by atoms with Gasteiger partial charge in [0.1, 0.15) is 6.10 Å². The molecule has 1 aliphatic rings. The maximum atomic E-state index is 11.4. The molecule has 1 aliphatic heterocycles. The minimum Gasteiger partial charge on any atom is -0.382 e. The maximum Gasteiger partial charge on any atom is 0.154 e. The Balaban J connectivity index is 2.51. The summed E-state index contributed by atoms with van der Waals surface area (Å²) in [5.41, 5.74) is 0. The number of halogens is 1. The third-order valence-electron chi connectivity index (χ3n) is 2.31. The molecule has 2 atom stereocenters. The summed E-state index contributed by atoms with van der Waals surface area (Å²) in [6, 6.07) is 0. The monoisotopic (exact) mass is 364 g/mol. The fourth-order valence-corrected chi connectivity index (χ4v) is 5.70. The van der Waals surface area contributed by atoms with E-state index < -0.39 is 9.84 Å². The predicted octanol–water partition coefficient (Wildman–Crippen LogP) is 0.265. The number of alkyl halides is 1. The number of sulfone groups is 1. The summed E-state index contributed by atoms with van der Waals surface area (Å²) in [5.74, 6) is 0.301. The van der Waals surface area contributed by atoms with Crippen molar-refractivity contribution in [3.8, 4) is 0 Å². The molecule has 16 heavy (non-hydrogen) atoms. The van der Waals surface area contributed by atoms with E-state index in [2.05, 4.69) is 22.6 Å². The van der Waals surface area contributed by atoms with E-state index in [1.807, 2.05) is 0 Å². The Hall–Kier alpha value is 0.560. The van der Waals surface area contributed by atoms with Crippen molar-refractivity contribution < 1.29 is 22.6 Å². The van der Waals surface area contributed by atoms with E-state index in [0.717, 1.165) is 0 Å². The standard InChI is InChI=1S/C9H17IO5S/c1-13-3-7(4-14-2)15-9-6-16(11,12)5-8(9)10/h7-9H,3-6H2,1-2H3. The zero-order chi connectivity index (χ0) is 12.2. The second-order valence-corrected chi connectivity index (χ2v) is 7.55. The first-order valence-corrected chi connectivity index (χ1v) is 8.03. The lowest BCUT2D eigenvalue weighted by atomic mass is 10.3. The molecule has 0 aromatic heterocycles. The Morgan fingerprint density at radius 1 is 1.25 bits per heavy atom. The summed E-state index contributed by atoms with van der Waals surface area (Å²) < 4.78 is 38.5. The minimum atomic E-state index is -2.93. The first kappa shape index (κ1) is 14.6.